The number of aromatic amines is 1. The normalized spacial score (nSPS) is 14.3. The van der Waals surface area contributed by atoms with E-state index in [9.17, 15) is 18.4 Å². The van der Waals surface area contributed by atoms with Crippen molar-refractivity contribution in [2.45, 2.75) is 38.1 Å². The van der Waals surface area contributed by atoms with E-state index >= 15 is 0 Å². The van der Waals surface area contributed by atoms with Crippen LogP contribution in [0.3, 0.4) is 0 Å². The number of hydrogen-bond acceptors (Lipinski definition) is 5. The van der Waals surface area contributed by atoms with Crippen LogP contribution >= 0.6 is 0 Å². The number of nitriles is 1. The van der Waals surface area contributed by atoms with Crippen molar-refractivity contribution in [2.75, 3.05) is 0 Å². The molecule has 1 amide bonds. The number of nitrogens with one attached hydrogen (secondary N) is 2. The first-order valence-electron chi connectivity index (χ1n) is 9.45. The zero-order valence-electron chi connectivity index (χ0n) is 16.0. The van der Waals surface area contributed by atoms with Crippen LogP contribution in [0.15, 0.2) is 29.1 Å². The predicted octanol–water partition coefficient (Wildman–Crippen LogP) is 2.77. The lowest BCUT2D eigenvalue weighted by Gasteiger charge is -2.15. The fourth-order valence-electron chi connectivity index (χ4n) is 3.55. The maximum Gasteiger partial charge on any atom is 0.252 e. The third-order valence-electron chi connectivity index (χ3n) is 5.16. The first kappa shape index (κ1) is 19.6. The summed E-state index contributed by atoms with van der Waals surface area (Å²) in [4.78, 5) is 27.8. The Morgan fingerprint density at radius 2 is 2.07 bits per heavy atom. The summed E-state index contributed by atoms with van der Waals surface area (Å²) in [7, 11) is 0. The smallest absolute Gasteiger partial charge is 0.252 e. The van der Waals surface area contributed by atoms with Gasteiger partial charge in [0, 0.05) is 10.9 Å². The molecule has 2 aromatic heterocycles. The molecule has 30 heavy (non-hydrogen) atoms. The minimum Gasteiger partial charge on any atom is -0.348 e. The van der Waals surface area contributed by atoms with E-state index in [4.69, 9.17) is 5.26 Å². The Labute approximate surface area is 169 Å². The summed E-state index contributed by atoms with van der Waals surface area (Å²) in [6.45, 7) is 1.69. The molecule has 9 heteroatoms. The van der Waals surface area contributed by atoms with E-state index in [-0.39, 0.29) is 34.5 Å². The molecule has 1 saturated carbocycles. The number of pyridine rings is 1. The number of H-pyrrole nitrogens is 1. The molecule has 1 fully saturated rings. The number of nitrogens with zero attached hydrogens (tertiary/aromatic N) is 3. The van der Waals surface area contributed by atoms with Gasteiger partial charge in [0.05, 0.1) is 23.7 Å². The van der Waals surface area contributed by atoms with E-state index in [1.54, 1.807) is 13.0 Å². The van der Waals surface area contributed by atoms with E-state index in [0.717, 1.165) is 18.9 Å². The lowest BCUT2D eigenvalue weighted by Crippen LogP contribution is -2.31. The summed E-state index contributed by atoms with van der Waals surface area (Å²) in [5, 5.41) is 19.2. The Balaban J connectivity index is 1.64. The average molecular weight is 409 g/mol. The van der Waals surface area contributed by atoms with Crippen LogP contribution in [0.5, 0.6) is 0 Å². The highest BCUT2D eigenvalue weighted by atomic mass is 19.2. The highest BCUT2D eigenvalue weighted by Crippen LogP contribution is 2.44. The van der Waals surface area contributed by atoms with Gasteiger partial charge in [-0.15, -0.1) is 5.10 Å². The van der Waals surface area contributed by atoms with Gasteiger partial charge in [-0.1, -0.05) is 0 Å². The Hall–Kier alpha value is -3.67. The van der Waals surface area contributed by atoms with Crippen LogP contribution in [0.2, 0.25) is 0 Å². The maximum absolute atomic E-state index is 14.6. The van der Waals surface area contributed by atoms with Crippen molar-refractivity contribution >= 4 is 16.8 Å². The number of halogens is 2. The van der Waals surface area contributed by atoms with E-state index in [0.29, 0.717) is 11.3 Å². The monoisotopic (exact) mass is 409 g/mol. The summed E-state index contributed by atoms with van der Waals surface area (Å²) in [6.07, 6.45) is 1.22. The third kappa shape index (κ3) is 3.64. The summed E-state index contributed by atoms with van der Waals surface area (Å²) < 4.78 is 28.4. The minimum atomic E-state index is -1.02. The van der Waals surface area contributed by atoms with Crippen LogP contribution < -0.4 is 10.9 Å². The molecule has 1 aliphatic rings. The fraction of sp³-hybridized carbons (Fsp3) is 0.286. The molecular weight excluding hydrogens is 392 g/mol. The summed E-state index contributed by atoms with van der Waals surface area (Å²) in [5.41, 5.74) is 0.882. The topological polar surface area (TPSA) is 112 Å². The van der Waals surface area contributed by atoms with Crippen LogP contribution in [0.4, 0.5) is 8.78 Å². The van der Waals surface area contributed by atoms with Gasteiger partial charge in [0.15, 0.2) is 17.3 Å². The third-order valence-corrected chi connectivity index (χ3v) is 5.16. The maximum atomic E-state index is 14.6. The molecule has 0 saturated heterocycles. The van der Waals surface area contributed by atoms with E-state index in [1.807, 2.05) is 6.07 Å². The van der Waals surface area contributed by atoms with Gasteiger partial charge in [-0.05, 0) is 55.5 Å². The lowest BCUT2D eigenvalue weighted by atomic mass is 9.96. The highest BCUT2D eigenvalue weighted by Gasteiger charge is 2.32. The molecule has 0 spiro atoms. The molecule has 1 aromatic carbocycles. The van der Waals surface area contributed by atoms with Gasteiger partial charge in [0.25, 0.3) is 5.56 Å². The van der Waals surface area contributed by atoms with Gasteiger partial charge in [0.2, 0.25) is 5.91 Å². The Morgan fingerprint density at radius 1 is 1.30 bits per heavy atom. The van der Waals surface area contributed by atoms with Crippen molar-refractivity contribution < 1.29 is 13.6 Å². The predicted molar refractivity (Wildman–Crippen MR) is 103 cm³/mol. The van der Waals surface area contributed by atoms with Crippen molar-refractivity contribution in [3.05, 3.63) is 68.8 Å². The van der Waals surface area contributed by atoms with Gasteiger partial charge in [-0.25, -0.2) is 8.78 Å². The van der Waals surface area contributed by atoms with Crippen LogP contribution in [0, 0.1) is 23.0 Å². The van der Waals surface area contributed by atoms with Crippen molar-refractivity contribution in [3.63, 3.8) is 0 Å². The summed E-state index contributed by atoms with van der Waals surface area (Å²) in [6, 6.07) is 6.71. The highest BCUT2D eigenvalue weighted by molar-refractivity contribution is 5.87. The number of carbonyl (C=O) groups is 1. The van der Waals surface area contributed by atoms with Gasteiger partial charge < -0.3 is 10.3 Å². The van der Waals surface area contributed by atoms with Crippen LogP contribution in [-0.2, 0) is 11.2 Å². The fourth-order valence-corrected chi connectivity index (χ4v) is 3.55. The summed E-state index contributed by atoms with van der Waals surface area (Å²) >= 11 is 0. The lowest BCUT2D eigenvalue weighted by molar-refractivity contribution is -0.121. The SMILES string of the molecule is C[C@@H](NC(=O)Cc1c(C2CC2)c2c(F)c(F)ccc2[nH]c1=O)c1ccc(C#N)nn1. The Morgan fingerprint density at radius 3 is 2.70 bits per heavy atom. The Bertz CT molecular complexity index is 1240. The van der Waals surface area contributed by atoms with Crippen molar-refractivity contribution in [3.8, 4) is 6.07 Å². The second kappa shape index (κ2) is 7.63. The number of hydrogen-bond donors (Lipinski definition) is 2. The van der Waals surface area contributed by atoms with E-state index < -0.39 is 29.1 Å². The number of carbonyl (C=O) groups excluding carboxylic acids is 1. The molecule has 3 aromatic rings. The van der Waals surface area contributed by atoms with Crippen molar-refractivity contribution in [2.24, 2.45) is 0 Å². The number of rotatable bonds is 5. The van der Waals surface area contributed by atoms with Crippen molar-refractivity contribution in [1.29, 1.82) is 5.26 Å². The number of fused-ring (bicyclic) bond motifs is 1. The molecule has 2 heterocycles. The second-order valence-electron chi connectivity index (χ2n) is 7.33. The molecule has 1 atom stereocenters. The molecule has 2 N–H and O–H groups in total. The molecule has 152 valence electrons. The molecule has 0 radical (unpaired) electrons. The molecule has 4 rings (SSSR count). The zero-order chi connectivity index (χ0) is 21.4. The first-order valence-corrected chi connectivity index (χ1v) is 9.45. The number of aromatic nitrogens is 3. The molecule has 1 aliphatic carbocycles. The molecule has 0 bridgehead atoms. The quantitative estimate of drug-likeness (QED) is 0.673. The first-order chi connectivity index (χ1) is 14.4. The molecule has 0 aliphatic heterocycles. The standard InChI is InChI=1S/C21H17F2N5O2/c1-10(15-6-4-12(9-24)27-28-15)25-17(29)8-13-18(11-2-3-11)19-16(26-21(13)30)7-5-14(22)20(19)23/h4-7,10-11H,2-3,8H2,1H3,(H,25,29)(H,26,30)/t10-/m1/s1. The van der Waals surface area contributed by atoms with Gasteiger partial charge in [0.1, 0.15) is 6.07 Å². The van der Waals surface area contributed by atoms with Crippen LogP contribution in [0.1, 0.15) is 54.2 Å². The van der Waals surface area contributed by atoms with Crippen LogP contribution in [0.25, 0.3) is 10.9 Å². The Kier molecular flexibility index (Phi) is 4.99. The largest absolute Gasteiger partial charge is 0.348 e. The average Bonchev–Trinajstić information content (AvgIpc) is 3.57. The van der Waals surface area contributed by atoms with Crippen molar-refractivity contribution in [1.82, 2.24) is 20.5 Å². The number of benzene rings is 1. The molecular formula is C21H17F2N5O2. The molecule has 0 unspecified atom stereocenters. The minimum absolute atomic E-state index is 0.0332. The second-order valence-corrected chi connectivity index (χ2v) is 7.33. The van der Waals surface area contributed by atoms with Gasteiger partial charge >= 0.3 is 0 Å². The zero-order valence-corrected chi connectivity index (χ0v) is 16.0. The molecule has 7 nitrogen and oxygen atoms in total. The summed E-state index contributed by atoms with van der Waals surface area (Å²) in [5.74, 6) is -2.55. The van der Waals surface area contributed by atoms with Gasteiger partial charge in [-0.2, -0.15) is 10.4 Å². The van der Waals surface area contributed by atoms with Gasteiger partial charge in [-0.3, -0.25) is 9.59 Å². The van der Waals surface area contributed by atoms with E-state index in [2.05, 4.69) is 20.5 Å². The van der Waals surface area contributed by atoms with E-state index in [1.165, 1.54) is 12.1 Å². The number of amides is 1. The van der Waals surface area contributed by atoms with Crippen LogP contribution in [-0.4, -0.2) is 21.1 Å².